The number of carbonyl (C=O) groups excluding carboxylic acids is 1. The lowest BCUT2D eigenvalue weighted by Gasteiger charge is -2.17. The van der Waals surface area contributed by atoms with Crippen LogP contribution in [0.25, 0.3) is 0 Å². The Morgan fingerprint density at radius 3 is 2.30 bits per heavy atom. The molecule has 0 fully saturated rings. The highest BCUT2D eigenvalue weighted by Gasteiger charge is 2.22. The van der Waals surface area contributed by atoms with Crippen LogP contribution in [0.3, 0.4) is 0 Å². The Kier molecular flexibility index (Phi) is 7.45. The number of anilines is 3. The topological polar surface area (TPSA) is 113 Å². The molecule has 0 aliphatic rings. The molecule has 0 radical (unpaired) electrons. The zero-order valence-electron chi connectivity index (χ0n) is 17.8. The first-order valence-electron chi connectivity index (χ1n) is 9.66. The summed E-state index contributed by atoms with van der Waals surface area (Å²) < 4.78 is 51.4. The summed E-state index contributed by atoms with van der Waals surface area (Å²) in [6, 6.07) is 19.1. The van der Waals surface area contributed by atoms with Gasteiger partial charge in [0.05, 0.1) is 34.0 Å². The Morgan fingerprint density at radius 2 is 1.64 bits per heavy atom. The smallest absolute Gasteiger partial charge is 0.243 e. The van der Waals surface area contributed by atoms with E-state index in [1.165, 1.54) is 31.3 Å². The Bertz CT molecular complexity index is 1380. The number of nitrogens with zero attached hydrogens (tertiary/aromatic N) is 1. The maximum atomic E-state index is 13.1. The Balaban J connectivity index is 1.77. The van der Waals surface area contributed by atoms with Gasteiger partial charge in [0.15, 0.2) is 0 Å². The average molecular weight is 552 g/mol. The summed E-state index contributed by atoms with van der Waals surface area (Å²) in [4.78, 5) is 12.7. The second kappa shape index (κ2) is 9.94. The number of sulfonamides is 1. The van der Waals surface area contributed by atoms with E-state index in [4.69, 9.17) is 0 Å². The van der Waals surface area contributed by atoms with Gasteiger partial charge in [-0.3, -0.25) is 9.10 Å². The highest BCUT2D eigenvalue weighted by Crippen LogP contribution is 2.30. The van der Waals surface area contributed by atoms with Gasteiger partial charge in [-0.15, -0.1) is 0 Å². The molecule has 0 bridgehead atoms. The number of nitrogens with one attached hydrogen (secondary N) is 2. The second-order valence-electron chi connectivity index (χ2n) is 7.14. The fourth-order valence-corrected chi connectivity index (χ4v) is 5.43. The van der Waals surface area contributed by atoms with E-state index in [0.29, 0.717) is 15.8 Å². The number of amides is 1. The summed E-state index contributed by atoms with van der Waals surface area (Å²) in [5, 5.41) is 5.56. The number of halogens is 1. The normalized spacial score (nSPS) is 11.6. The van der Waals surface area contributed by atoms with Crippen LogP contribution in [0.15, 0.2) is 87.1 Å². The molecule has 11 heteroatoms. The first-order valence-corrected chi connectivity index (χ1v) is 13.8. The van der Waals surface area contributed by atoms with Gasteiger partial charge in [0, 0.05) is 17.2 Å². The Morgan fingerprint density at radius 1 is 0.939 bits per heavy atom. The average Bonchev–Trinajstić information content (AvgIpc) is 2.78. The molecule has 0 atom stereocenters. The third-order valence-electron chi connectivity index (χ3n) is 4.72. The van der Waals surface area contributed by atoms with E-state index < -0.39 is 25.8 Å². The number of sulfone groups is 1. The summed E-state index contributed by atoms with van der Waals surface area (Å²) in [7, 11) is -5.84. The monoisotopic (exact) mass is 551 g/mol. The van der Waals surface area contributed by atoms with Crippen LogP contribution in [0.1, 0.15) is 0 Å². The molecule has 0 spiro atoms. The molecular weight excluding hydrogens is 530 g/mol. The van der Waals surface area contributed by atoms with E-state index in [2.05, 4.69) is 26.6 Å². The van der Waals surface area contributed by atoms with Crippen molar-refractivity contribution in [3.8, 4) is 0 Å². The molecule has 3 aromatic carbocycles. The van der Waals surface area contributed by atoms with Crippen molar-refractivity contribution in [1.82, 2.24) is 0 Å². The van der Waals surface area contributed by atoms with Gasteiger partial charge in [-0.25, -0.2) is 16.8 Å². The van der Waals surface area contributed by atoms with E-state index in [9.17, 15) is 21.6 Å². The second-order valence-corrected chi connectivity index (χ2v) is 12.0. The Labute approximate surface area is 201 Å². The van der Waals surface area contributed by atoms with Gasteiger partial charge in [0.2, 0.25) is 25.8 Å². The van der Waals surface area contributed by atoms with Crippen molar-refractivity contribution in [3.63, 3.8) is 0 Å². The van der Waals surface area contributed by atoms with E-state index >= 15 is 0 Å². The lowest BCUT2D eigenvalue weighted by Crippen LogP contribution is -2.25. The third-order valence-corrected chi connectivity index (χ3v) is 8.23. The zero-order chi connectivity index (χ0) is 24.2. The molecule has 0 saturated heterocycles. The third kappa shape index (κ3) is 6.12. The van der Waals surface area contributed by atoms with Crippen molar-refractivity contribution in [2.75, 3.05) is 34.8 Å². The predicted molar refractivity (Wildman–Crippen MR) is 133 cm³/mol. The van der Waals surface area contributed by atoms with Gasteiger partial charge < -0.3 is 10.6 Å². The van der Waals surface area contributed by atoms with Crippen LogP contribution < -0.4 is 14.9 Å². The van der Waals surface area contributed by atoms with Gasteiger partial charge in [0.1, 0.15) is 0 Å². The van der Waals surface area contributed by atoms with E-state index in [0.717, 1.165) is 10.6 Å². The fraction of sp³-hybridized carbons (Fsp3) is 0.136. The molecule has 0 aliphatic heterocycles. The fourth-order valence-electron chi connectivity index (χ4n) is 2.94. The molecule has 8 nitrogen and oxygen atoms in total. The molecule has 0 saturated carbocycles. The SMILES string of the molecule is CN(c1cccc(NC(=O)CNc2ccc(Br)cc2S(=O)(=O)c2ccccc2)c1)S(C)(=O)=O. The van der Waals surface area contributed by atoms with Gasteiger partial charge in [-0.2, -0.15) is 0 Å². The number of rotatable bonds is 8. The minimum Gasteiger partial charge on any atom is -0.375 e. The number of benzene rings is 3. The largest absolute Gasteiger partial charge is 0.375 e. The first-order chi connectivity index (χ1) is 15.5. The lowest BCUT2D eigenvalue weighted by atomic mass is 10.2. The maximum Gasteiger partial charge on any atom is 0.243 e. The first kappa shape index (κ1) is 24.7. The summed E-state index contributed by atoms with van der Waals surface area (Å²) in [5.41, 5.74) is 1.08. The molecule has 1 amide bonds. The molecular formula is C22H22BrN3O5S2. The van der Waals surface area contributed by atoms with Gasteiger partial charge in [0.25, 0.3) is 0 Å². The van der Waals surface area contributed by atoms with Crippen molar-refractivity contribution in [2.45, 2.75) is 9.79 Å². The van der Waals surface area contributed by atoms with Gasteiger partial charge in [-0.1, -0.05) is 40.2 Å². The minimum absolute atomic E-state index is 0.0349. The van der Waals surface area contributed by atoms with Crippen molar-refractivity contribution in [2.24, 2.45) is 0 Å². The standard InChI is InChI=1S/C22H22BrN3O5S2/c1-26(32(2,28)29)18-8-6-7-17(14-18)25-22(27)15-24-20-12-11-16(23)13-21(20)33(30,31)19-9-4-3-5-10-19/h3-14,24H,15H2,1-2H3,(H,25,27). The van der Waals surface area contributed by atoms with Crippen LogP contribution in [-0.2, 0) is 24.7 Å². The highest BCUT2D eigenvalue weighted by molar-refractivity contribution is 9.10. The van der Waals surface area contributed by atoms with E-state index in [1.54, 1.807) is 48.5 Å². The van der Waals surface area contributed by atoms with Crippen molar-refractivity contribution in [3.05, 3.63) is 77.3 Å². The molecule has 0 heterocycles. The van der Waals surface area contributed by atoms with Gasteiger partial charge >= 0.3 is 0 Å². The number of hydrogen-bond acceptors (Lipinski definition) is 6. The summed E-state index contributed by atoms with van der Waals surface area (Å²) in [5.74, 6) is -0.430. The molecule has 2 N–H and O–H groups in total. The van der Waals surface area contributed by atoms with E-state index in [1.807, 2.05) is 0 Å². The van der Waals surface area contributed by atoms with Crippen LogP contribution >= 0.6 is 15.9 Å². The highest BCUT2D eigenvalue weighted by atomic mass is 79.9. The predicted octanol–water partition coefficient (Wildman–Crippen LogP) is 3.73. The molecule has 3 rings (SSSR count). The van der Waals surface area contributed by atoms with Crippen LogP contribution in [0.2, 0.25) is 0 Å². The molecule has 0 aliphatic carbocycles. The molecule has 3 aromatic rings. The lowest BCUT2D eigenvalue weighted by molar-refractivity contribution is -0.114. The van der Waals surface area contributed by atoms with Crippen LogP contribution in [0.4, 0.5) is 17.1 Å². The molecule has 33 heavy (non-hydrogen) atoms. The van der Waals surface area contributed by atoms with Crippen LogP contribution in [0.5, 0.6) is 0 Å². The zero-order valence-corrected chi connectivity index (χ0v) is 21.0. The van der Waals surface area contributed by atoms with Crippen LogP contribution in [0, 0.1) is 0 Å². The summed E-state index contributed by atoms with van der Waals surface area (Å²) in [6.07, 6.45) is 1.08. The van der Waals surface area contributed by atoms with Crippen LogP contribution in [-0.4, -0.2) is 42.6 Å². The summed E-state index contributed by atoms with van der Waals surface area (Å²) in [6.45, 7) is -0.203. The minimum atomic E-state index is -3.81. The maximum absolute atomic E-state index is 13.1. The Hall–Kier alpha value is -2.89. The van der Waals surface area contributed by atoms with Crippen molar-refractivity contribution in [1.29, 1.82) is 0 Å². The molecule has 174 valence electrons. The summed E-state index contributed by atoms with van der Waals surface area (Å²) >= 11 is 3.30. The van der Waals surface area contributed by atoms with Crippen molar-refractivity contribution < 1.29 is 21.6 Å². The molecule has 0 unspecified atom stereocenters. The number of hydrogen-bond donors (Lipinski definition) is 2. The quantitative estimate of drug-likeness (QED) is 0.441. The number of carbonyl (C=O) groups is 1. The van der Waals surface area contributed by atoms with Crippen molar-refractivity contribution >= 4 is 58.8 Å². The van der Waals surface area contributed by atoms with E-state index in [-0.39, 0.29) is 22.0 Å². The molecule has 0 aromatic heterocycles. The van der Waals surface area contributed by atoms with Gasteiger partial charge in [-0.05, 0) is 48.5 Å².